The lowest BCUT2D eigenvalue weighted by molar-refractivity contribution is 0.652. The first-order valence-corrected chi connectivity index (χ1v) is 7.46. The molecule has 21 heavy (non-hydrogen) atoms. The standard InChI is InChI=1S/C20H21N/c1-14-8-13-19(20-7-5-4-6-18(14)20)17-11-9-16(10-12-17)15(2)21-3/h4-13,15,21H,1-3H3. The lowest BCUT2D eigenvalue weighted by Crippen LogP contribution is -2.11. The normalized spacial score (nSPS) is 12.5. The molecule has 1 N–H and O–H groups in total. The molecule has 0 aromatic heterocycles. The molecular weight excluding hydrogens is 254 g/mol. The summed E-state index contributed by atoms with van der Waals surface area (Å²) >= 11 is 0. The summed E-state index contributed by atoms with van der Waals surface area (Å²) in [5.74, 6) is 0. The van der Waals surface area contributed by atoms with Gasteiger partial charge in [0.15, 0.2) is 0 Å². The van der Waals surface area contributed by atoms with Crippen LogP contribution in [0.2, 0.25) is 0 Å². The summed E-state index contributed by atoms with van der Waals surface area (Å²) in [5.41, 5.74) is 5.23. The zero-order valence-corrected chi connectivity index (χ0v) is 12.9. The van der Waals surface area contributed by atoms with Gasteiger partial charge in [0.25, 0.3) is 0 Å². The molecule has 0 aliphatic rings. The molecule has 0 radical (unpaired) electrons. The first-order chi connectivity index (χ1) is 10.2. The van der Waals surface area contributed by atoms with Crippen molar-refractivity contribution in [1.82, 2.24) is 5.32 Å². The van der Waals surface area contributed by atoms with E-state index in [1.807, 2.05) is 7.05 Å². The number of hydrogen-bond donors (Lipinski definition) is 1. The van der Waals surface area contributed by atoms with Crippen LogP contribution in [0.15, 0.2) is 60.7 Å². The third kappa shape index (κ3) is 2.57. The maximum atomic E-state index is 3.28. The van der Waals surface area contributed by atoms with E-state index in [9.17, 15) is 0 Å². The maximum Gasteiger partial charge on any atom is 0.0289 e. The van der Waals surface area contributed by atoms with Gasteiger partial charge in [-0.05, 0) is 53.9 Å². The molecule has 0 amide bonds. The number of nitrogens with one attached hydrogen (secondary N) is 1. The molecule has 0 spiro atoms. The molecule has 0 aliphatic carbocycles. The van der Waals surface area contributed by atoms with Crippen molar-refractivity contribution in [2.75, 3.05) is 7.05 Å². The maximum absolute atomic E-state index is 3.28. The quantitative estimate of drug-likeness (QED) is 0.701. The molecule has 0 fully saturated rings. The highest BCUT2D eigenvalue weighted by Gasteiger charge is 2.07. The van der Waals surface area contributed by atoms with Crippen molar-refractivity contribution in [2.24, 2.45) is 0 Å². The minimum atomic E-state index is 0.383. The van der Waals surface area contributed by atoms with E-state index in [0.717, 1.165) is 0 Å². The van der Waals surface area contributed by atoms with Crippen molar-refractivity contribution in [1.29, 1.82) is 0 Å². The molecule has 3 aromatic rings. The van der Waals surface area contributed by atoms with Gasteiger partial charge in [0.2, 0.25) is 0 Å². The molecule has 0 bridgehead atoms. The number of benzene rings is 3. The van der Waals surface area contributed by atoms with E-state index in [4.69, 9.17) is 0 Å². The molecule has 1 heteroatoms. The van der Waals surface area contributed by atoms with Crippen molar-refractivity contribution < 1.29 is 0 Å². The lowest BCUT2D eigenvalue weighted by Gasteiger charge is -2.13. The second kappa shape index (κ2) is 5.71. The van der Waals surface area contributed by atoms with E-state index < -0.39 is 0 Å². The van der Waals surface area contributed by atoms with Crippen molar-refractivity contribution in [3.63, 3.8) is 0 Å². The van der Waals surface area contributed by atoms with E-state index >= 15 is 0 Å². The third-order valence-electron chi connectivity index (χ3n) is 4.30. The van der Waals surface area contributed by atoms with Crippen LogP contribution < -0.4 is 5.32 Å². The Morgan fingerprint density at radius 2 is 1.48 bits per heavy atom. The van der Waals surface area contributed by atoms with Gasteiger partial charge in [0.1, 0.15) is 0 Å². The SMILES string of the molecule is CNC(C)c1ccc(-c2ccc(C)c3ccccc23)cc1. The number of fused-ring (bicyclic) bond motifs is 1. The van der Waals surface area contributed by atoms with E-state index in [1.165, 1.54) is 33.0 Å². The Morgan fingerprint density at radius 1 is 0.810 bits per heavy atom. The highest BCUT2D eigenvalue weighted by molar-refractivity contribution is 5.98. The van der Waals surface area contributed by atoms with Crippen LogP contribution in [0.3, 0.4) is 0 Å². The molecule has 3 aromatic carbocycles. The minimum Gasteiger partial charge on any atom is -0.313 e. The van der Waals surface area contributed by atoms with Crippen LogP contribution in [0.5, 0.6) is 0 Å². The number of aryl methyl sites for hydroxylation is 1. The Hall–Kier alpha value is -2.12. The van der Waals surface area contributed by atoms with Gasteiger partial charge in [0.05, 0.1) is 0 Å². The average Bonchev–Trinajstić information content (AvgIpc) is 2.55. The Bertz CT molecular complexity index is 756. The van der Waals surface area contributed by atoms with Gasteiger partial charge in [0, 0.05) is 6.04 Å². The summed E-state index contributed by atoms with van der Waals surface area (Å²) in [7, 11) is 1.99. The van der Waals surface area contributed by atoms with E-state index in [2.05, 4.69) is 79.8 Å². The predicted octanol–water partition coefficient (Wildman–Crippen LogP) is 5.10. The Morgan fingerprint density at radius 3 is 2.14 bits per heavy atom. The van der Waals surface area contributed by atoms with Crippen molar-refractivity contribution in [3.05, 3.63) is 71.8 Å². The Labute approximate surface area is 126 Å². The number of rotatable bonds is 3. The van der Waals surface area contributed by atoms with Gasteiger partial charge in [-0.1, -0.05) is 60.7 Å². The molecule has 0 saturated heterocycles. The smallest absolute Gasteiger partial charge is 0.0289 e. The second-order valence-corrected chi connectivity index (χ2v) is 5.61. The van der Waals surface area contributed by atoms with Crippen LogP contribution in [0.25, 0.3) is 21.9 Å². The summed E-state index contributed by atoms with van der Waals surface area (Å²) in [6, 6.07) is 22.3. The van der Waals surface area contributed by atoms with Crippen LogP contribution in [0, 0.1) is 6.92 Å². The van der Waals surface area contributed by atoms with Crippen LogP contribution in [-0.2, 0) is 0 Å². The van der Waals surface area contributed by atoms with Gasteiger partial charge in [-0.25, -0.2) is 0 Å². The molecule has 1 unspecified atom stereocenters. The summed E-state index contributed by atoms with van der Waals surface area (Å²) in [6.45, 7) is 4.35. The van der Waals surface area contributed by atoms with Gasteiger partial charge >= 0.3 is 0 Å². The fourth-order valence-electron chi connectivity index (χ4n) is 2.82. The van der Waals surface area contributed by atoms with E-state index in [0.29, 0.717) is 6.04 Å². The summed E-state index contributed by atoms with van der Waals surface area (Å²) in [4.78, 5) is 0. The minimum absolute atomic E-state index is 0.383. The average molecular weight is 275 g/mol. The first kappa shape index (κ1) is 13.8. The van der Waals surface area contributed by atoms with Crippen LogP contribution in [0.4, 0.5) is 0 Å². The van der Waals surface area contributed by atoms with Gasteiger partial charge in [-0.2, -0.15) is 0 Å². The monoisotopic (exact) mass is 275 g/mol. The Balaban J connectivity index is 2.11. The van der Waals surface area contributed by atoms with Crippen molar-refractivity contribution in [3.8, 4) is 11.1 Å². The largest absolute Gasteiger partial charge is 0.313 e. The van der Waals surface area contributed by atoms with Crippen LogP contribution >= 0.6 is 0 Å². The molecule has 1 nitrogen and oxygen atoms in total. The van der Waals surface area contributed by atoms with Crippen molar-refractivity contribution >= 4 is 10.8 Å². The second-order valence-electron chi connectivity index (χ2n) is 5.61. The fourth-order valence-corrected chi connectivity index (χ4v) is 2.82. The lowest BCUT2D eigenvalue weighted by atomic mass is 9.94. The molecule has 0 aliphatic heterocycles. The molecular formula is C20H21N. The summed E-state index contributed by atoms with van der Waals surface area (Å²) < 4.78 is 0. The predicted molar refractivity (Wildman–Crippen MR) is 91.6 cm³/mol. The van der Waals surface area contributed by atoms with Gasteiger partial charge in [-0.15, -0.1) is 0 Å². The molecule has 0 heterocycles. The third-order valence-corrected chi connectivity index (χ3v) is 4.30. The zero-order valence-electron chi connectivity index (χ0n) is 12.9. The Kier molecular flexibility index (Phi) is 3.76. The van der Waals surface area contributed by atoms with E-state index in [-0.39, 0.29) is 0 Å². The summed E-state index contributed by atoms with van der Waals surface area (Å²) in [5, 5.41) is 5.94. The number of hydrogen-bond acceptors (Lipinski definition) is 1. The van der Waals surface area contributed by atoms with Crippen LogP contribution in [0.1, 0.15) is 24.1 Å². The van der Waals surface area contributed by atoms with Gasteiger partial charge in [-0.3, -0.25) is 0 Å². The van der Waals surface area contributed by atoms with Gasteiger partial charge < -0.3 is 5.32 Å². The molecule has 106 valence electrons. The van der Waals surface area contributed by atoms with E-state index in [1.54, 1.807) is 0 Å². The van der Waals surface area contributed by atoms with Crippen LogP contribution in [-0.4, -0.2) is 7.05 Å². The highest BCUT2D eigenvalue weighted by atomic mass is 14.8. The van der Waals surface area contributed by atoms with Crippen molar-refractivity contribution in [2.45, 2.75) is 19.9 Å². The highest BCUT2D eigenvalue weighted by Crippen LogP contribution is 2.31. The fraction of sp³-hybridized carbons (Fsp3) is 0.200. The summed E-state index contributed by atoms with van der Waals surface area (Å²) in [6.07, 6.45) is 0. The topological polar surface area (TPSA) is 12.0 Å². The first-order valence-electron chi connectivity index (χ1n) is 7.46. The molecule has 1 atom stereocenters. The molecule has 3 rings (SSSR count). The molecule has 0 saturated carbocycles. The zero-order chi connectivity index (χ0) is 14.8.